The Hall–Kier alpha value is -2.10. The minimum atomic E-state index is -0.0834. The van der Waals surface area contributed by atoms with Crippen molar-refractivity contribution in [1.82, 2.24) is 9.88 Å². The largest absolute Gasteiger partial charge is 0.385 e. The Labute approximate surface area is 107 Å². The Morgan fingerprint density at radius 2 is 2.06 bits per heavy atom. The first-order chi connectivity index (χ1) is 8.63. The number of hydrogen-bond donors (Lipinski definition) is 1. The van der Waals surface area contributed by atoms with E-state index in [1.54, 1.807) is 14.1 Å². The van der Waals surface area contributed by atoms with E-state index in [0.29, 0.717) is 5.69 Å². The predicted molar refractivity (Wildman–Crippen MR) is 73.9 cm³/mol. The average molecular weight is 243 g/mol. The molecular weight excluding hydrogens is 226 g/mol. The second-order valence-electron chi connectivity index (χ2n) is 4.30. The van der Waals surface area contributed by atoms with Gasteiger partial charge in [0.05, 0.1) is 5.52 Å². The van der Waals surface area contributed by atoms with Crippen LogP contribution in [0.15, 0.2) is 30.3 Å². The number of carbonyl (C=O) groups excluding carboxylic acids is 1. The lowest BCUT2D eigenvalue weighted by molar-refractivity contribution is 0.0822. The van der Waals surface area contributed by atoms with Gasteiger partial charge in [0.15, 0.2) is 0 Å². The Bertz CT molecular complexity index is 578. The lowest BCUT2D eigenvalue weighted by atomic mass is 10.1. The first-order valence-electron chi connectivity index (χ1n) is 5.98. The van der Waals surface area contributed by atoms with E-state index in [-0.39, 0.29) is 5.91 Å². The number of amides is 1. The molecule has 0 aliphatic heterocycles. The number of rotatable bonds is 3. The Balaban J connectivity index is 2.60. The van der Waals surface area contributed by atoms with Crippen molar-refractivity contribution in [2.75, 3.05) is 26.0 Å². The summed E-state index contributed by atoms with van der Waals surface area (Å²) in [7, 11) is 3.46. The summed E-state index contributed by atoms with van der Waals surface area (Å²) in [6.45, 7) is 2.84. The molecule has 0 radical (unpaired) electrons. The molecule has 0 atom stereocenters. The van der Waals surface area contributed by atoms with Crippen LogP contribution in [0.4, 0.5) is 5.69 Å². The van der Waals surface area contributed by atoms with E-state index in [2.05, 4.69) is 10.3 Å². The quantitative estimate of drug-likeness (QED) is 0.900. The van der Waals surface area contributed by atoms with E-state index < -0.39 is 0 Å². The Kier molecular flexibility index (Phi) is 3.46. The molecule has 1 aromatic carbocycles. The van der Waals surface area contributed by atoms with Gasteiger partial charge < -0.3 is 10.2 Å². The number of aromatic nitrogens is 1. The van der Waals surface area contributed by atoms with Crippen LogP contribution in [0, 0.1) is 0 Å². The van der Waals surface area contributed by atoms with Crippen molar-refractivity contribution in [3.8, 4) is 0 Å². The van der Waals surface area contributed by atoms with Gasteiger partial charge in [-0.1, -0.05) is 18.2 Å². The molecule has 1 heterocycles. The van der Waals surface area contributed by atoms with Crippen molar-refractivity contribution in [1.29, 1.82) is 0 Å². The third-order valence-corrected chi connectivity index (χ3v) is 2.71. The molecule has 1 amide bonds. The second-order valence-corrected chi connectivity index (χ2v) is 4.30. The van der Waals surface area contributed by atoms with Crippen molar-refractivity contribution in [2.24, 2.45) is 0 Å². The molecule has 4 heteroatoms. The van der Waals surface area contributed by atoms with Crippen LogP contribution in [0.2, 0.25) is 0 Å². The zero-order chi connectivity index (χ0) is 13.1. The fourth-order valence-electron chi connectivity index (χ4n) is 1.85. The molecule has 0 saturated carbocycles. The van der Waals surface area contributed by atoms with E-state index in [4.69, 9.17) is 0 Å². The minimum Gasteiger partial charge on any atom is -0.385 e. The van der Waals surface area contributed by atoms with Crippen LogP contribution in [0.1, 0.15) is 17.4 Å². The molecule has 18 heavy (non-hydrogen) atoms. The first-order valence-corrected chi connectivity index (χ1v) is 5.98. The molecule has 0 bridgehead atoms. The summed E-state index contributed by atoms with van der Waals surface area (Å²) in [4.78, 5) is 17.9. The maximum atomic E-state index is 12.0. The van der Waals surface area contributed by atoms with Gasteiger partial charge in [0, 0.05) is 31.7 Å². The zero-order valence-electron chi connectivity index (χ0n) is 10.9. The van der Waals surface area contributed by atoms with Crippen molar-refractivity contribution < 1.29 is 4.79 Å². The second kappa shape index (κ2) is 5.04. The maximum Gasteiger partial charge on any atom is 0.272 e. The van der Waals surface area contributed by atoms with Crippen LogP contribution in [0.25, 0.3) is 10.9 Å². The first kappa shape index (κ1) is 12.4. The van der Waals surface area contributed by atoms with Crippen LogP contribution in [-0.4, -0.2) is 36.4 Å². The van der Waals surface area contributed by atoms with Gasteiger partial charge in [0.2, 0.25) is 0 Å². The van der Waals surface area contributed by atoms with Gasteiger partial charge in [0.1, 0.15) is 5.69 Å². The summed E-state index contributed by atoms with van der Waals surface area (Å²) in [5, 5.41) is 4.31. The summed E-state index contributed by atoms with van der Waals surface area (Å²) >= 11 is 0. The summed E-state index contributed by atoms with van der Waals surface area (Å²) in [5.74, 6) is -0.0834. The van der Waals surface area contributed by atoms with E-state index in [1.807, 2.05) is 37.3 Å². The van der Waals surface area contributed by atoms with Gasteiger partial charge in [-0.25, -0.2) is 4.98 Å². The number of hydrogen-bond acceptors (Lipinski definition) is 3. The van der Waals surface area contributed by atoms with Crippen LogP contribution in [0.3, 0.4) is 0 Å². The van der Waals surface area contributed by atoms with Gasteiger partial charge in [-0.3, -0.25) is 4.79 Å². The molecule has 0 fully saturated rings. The topological polar surface area (TPSA) is 45.2 Å². The molecule has 2 rings (SSSR count). The maximum absolute atomic E-state index is 12.0. The predicted octanol–water partition coefficient (Wildman–Crippen LogP) is 2.37. The lowest BCUT2D eigenvalue weighted by Gasteiger charge is -2.13. The summed E-state index contributed by atoms with van der Waals surface area (Å²) in [6, 6.07) is 9.63. The normalized spacial score (nSPS) is 10.4. The molecule has 1 N–H and O–H groups in total. The number of pyridine rings is 1. The van der Waals surface area contributed by atoms with Crippen molar-refractivity contribution in [3.05, 3.63) is 36.0 Å². The number of fused-ring (bicyclic) bond motifs is 1. The third kappa shape index (κ3) is 2.27. The fraction of sp³-hybridized carbons (Fsp3) is 0.286. The van der Waals surface area contributed by atoms with Gasteiger partial charge >= 0.3 is 0 Å². The highest BCUT2D eigenvalue weighted by atomic mass is 16.2. The number of anilines is 1. The van der Waals surface area contributed by atoms with E-state index >= 15 is 0 Å². The molecule has 1 aromatic heterocycles. The number of para-hydroxylation sites is 1. The zero-order valence-corrected chi connectivity index (χ0v) is 10.9. The molecule has 4 nitrogen and oxygen atoms in total. The molecule has 94 valence electrons. The number of benzene rings is 1. The highest BCUT2D eigenvalue weighted by molar-refractivity contribution is 5.99. The lowest BCUT2D eigenvalue weighted by Crippen LogP contribution is -2.23. The highest BCUT2D eigenvalue weighted by Crippen LogP contribution is 2.23. The molecule has 0 unspecified atom stereocenters. The summed E-state index contributed by atoms with van der Waals surface area (Å²) < 4.78 is 0. The number of carbonyl (C=O) groups is 1. The van der Waals surface area contributed by atoms with Crippen LogP contribution < -0.4 is 5.32 Å². The fourth-order valence-corrected chi connectivity index (χ4v) is 1.85. The van der Waals surface area contributed by atoms with E-state index in [0.717, 1.165) is 23.1 Å². The smallest absolute Gasteiger partial charge is 0.272 e. The van der Waals surface area contributed by atoms with Gasteiger partial charge in [-0.05, 0) is 19.1 Å². The minimum absolute atomic E-state index is 0.0834. The highest BCUT2D eigenvalue weighted by Gasteiger charge is 2.13. The van der Waals surface area contributed by atoms with Gasteiger partial charge in [0.25, 0.3) is 5.91 Å². The monoisotopic (exact) mass is 243 g/mol. The van der Waals surface area contributed by atoms with Gasteiger partial charge in [-0.15, -0.1) is 0 Å². The molecule has 0 aliphatic rings. The Morgan fingerprint density at radius 3 is 2.72 bits per heavy atom. The molecule has 0 spiro atoms. The Morgan fingerprint density at radius 1 is 1.33 bits per heavy atom. The van der Waals surface area contributed by atoms with Crippen LogP contribution in [-0.2, 0) is 0 Å². The van der Waals surface area contributed by atoms with Gasteiger partial charge in [-0.2, -0.15) is 0 Å². The average Bonchev–Trinajstić information content (AvgIpc) is 2.38. The molecular formula is C14H17N3O. The molecule has 2 aromatic rings. The van der Waals surface area contributed by atoms with Crippen molar-refractivity contribution in [2.45, 2.75) is 6.92 Å². The van der Waals surface area contributed by atoms with E-state index in [1.165, 1.54) is 4.90 Å². The third-order valence-electron chi connectivity index (χ3n) is 2.71. The summed E-state index contributed by atoms with van der Waals surface area (Å²) in [5.41, 5.74) is 2.25. The molecule has 0 saturated heterocycles. The van der Waals surface area contributed by atoms with Crippen molar-refractivity contribution in [3.63, 3.8) is 0 Å². The SMILES string of the molecule is CCNc1cc(C(=O)N(C)C)nc2ccccc12. The standard InChI is InChI=1S/C14H17N3O/c1-4-15-12-9-13(14(18)17(2)3)16-11-8-6-5-7-10(11)12/h5-9H,4H2,1-3H3,(H,15,16). The summed E-state index contributed by atoms with van der Waals surface area (Å²) in [6.07, 6.45) is 0. The van der Waals surface area contributed by atoms with Crippen LogP contribution >= 0.6 is 0 Å². The van der Waals surface area contributed by atoms with Crippen LogP contribution in [0.5, 0.6) is 0 Å². The van der Waals surface area contributed by atoms with E-state index in [9.17, 15) is 4.79 Å². The molecule has 0 aliphatic carbocycles. The van der Waals surface area contributed by atoms with Crippen molar-refractivity contribution >= 4 is 22.5 Å². The number of nitrogens with zero attached hydrogens (tertiary/aromatic N) is 2. The number of nitrogens with one attached hydrogen (secondary N) is 1.